The summed E-state index contributed by atoms with van der Waals surface area (Å²) in [5, 5.41) is 3.84. The number of rotatable bonds is 4. The maximum Gasteiger partial charge on any atom is 0.269 e. The zero-order chi connectivity index (χ0) is 16.1. The van der Waals surface area contributed by atoms with E-state index in [1.807, 2.05) is 32.9 Å². The van der Waals surface area contributed by atoms with Crippen LogP contribution in [-0.2, 0) is 11.2 Å². The third kappa shape index (κ3) is 3.72. The summed E-state index contributed by atoms with van der Waals surface area (Å²) in [7, 11) is 0. The quantitative estimate of drug-likeness (QED) is 0.846. The molecule has 2 N–H and O–H groups in total. The molecule has 0 fully saturated rings. The number of hydrogen-bond acceptors (Lipinski definition) is 4. The van der Waals surface area contributed by atoms with Crippen LogP contribution in [0, 0.1) is 20.8 Å². The number of amides is 2. The molecule has 6 heteroatoms. The Morgan fingerprint density at radius 2 is 1.86 bits per heavy atom. The second-order valence-electron chi connectivity index (χ2n) is 5.12. The van der Waals surface area contributed by atoms with Gasteiger partial charge in [-0.3, -0.25) is 20.4 Å². The van der Waals surface area contributed by atoms with Crippen LogP contribution >= 0.6 is 0 Å². The van der Waals surface area contributed by atoms with Crippen molar-refractivity contribution in [2.24, 2.45) is 0 Å². The van der Waals surface area contributed by atoms with Crippen LogP contribution in [-0.4, -0.2) is 17.0 Å². The van der Waals surface area contributed by atoms with Gasteiger partial charge in [0.05, 0.1) is 5.69 Å². The first-order valence-corrected chi connectivity index (χ1v) is 7.05. The van der Waals surface area contributed by atoms with E-state index in [1.54, 1.807) is 12.1 Å². The fourth-order valence-electron chi connectivity index (χ4n) is 2.18. The molecule has 0 spiro atoms. The lowest BCUT2D eigenvalue weighted by Crippen LogP contribution is -2.42. The minimum absolute atomic E-state index is 0.247. The van der Waals surface area contributed by atoms with E-state index in [0.29, 0.717) is 17.7 Å². The molecule has 0 unspecified atom stereocenters. The van der Waals surface area contributed by atoms with Gasteiger partial charge in [-0.15, -0.1) is 0 Å². The number of nitrogens with zero attached hydrogens (tertiary/aromatic N) is 1. The molecule has 0 bridgehead atoms. The predicted molar refractivity (Wildman–Crippen MR) is 81.1 cm³/mol. The van der Waals surface area contributed by atoms with Crippen LogP contribution in [0.3, 0.4) is 0 Å². The highest BCUT2D eigenvalue weighted by molar-refractivity contribution is 5.96. The van der Waals surface area contributed by atoms with Gasteiger partial charge in [-0.2, -0.15) is 0 Å². The average Bonchev–Trinajstić information content (AvgIpc) is 2.82. The van der Waals surface area contributed by atoms with Crippen molar-refractivity contribution in [2.75, 3.05) is 0 Å². The molecule has 1 aromatic heterocycles. The standard InChI is InChI=1S/C16H19N3O3/c1-10-6-4-5-7-13(10)16(21)18-17-15(20)9-8-14-11(2)19-22-12(14)3/h4-7H,8-9H2,1-3H3,(H,17,20)(H,18,21). The SMILES string of the molecule is Cc1ccccc1C(=O)NNC(=O)CCc1c(C)noc1C. The fraction of sp³-hybridized carbons (Fsp3) is 0.312. The molecule has 0 aliphatic heterocycles. The third-order valence-corrected chi connectivity index (χ3v) is 3.49. The van der Waals surface area contributed by atoms with Gasteiger partial charge in [-0.25, -0.2) is 0 Å². The van der Waals surface area contributed by atoms with Gasteiger partial charge < -0.3 is 4.52 Å². The first-order valence-electron chi connectivity index (χ1n) is 7.05. The van der Waals surface area contributed by atoms with Crippen molar-refractivity contribution in [3.63, 3.8) is 0 Å². The Kier molecular flexibility index (Phi) is 4.93. The number of benzene rings is 1. The van der Waals surface area contributed by atoms with E-state index in [1.165, 1.54) is 0 Å². The molecule has 0 aliphatic rings. The van der Waals surface area contributed by atoms with Crippen molar-refractivity contribution >= 4 is 11.8 Å². The smallest absolute Gasteiger partial charge is 0.269 e. The molecule has 0 atom stereocenters. The Labute approximate surface area is 128 Å². The Morgan fingerprint density at radius 3 is 2.50 bits per heavy atom. The zero-order valence-electron chi connectivity index (χ0n) is 12.9. The normalized spacial score (nSPS) is 10.3. The van der Waals surface area contributed by atoms with Crippen LogP contribution < -0.4 is 10.9 Å². The average molecular weight is 301 g/mol. The van der Waals surface area contributed by atoms with Crippen LogP contribution in [0.1, 0.15) is 39.4 Å². The molecule has 0 aliphatic carbocycles. The first kappa shape index (κ1) is 15.8. The van der Waals surface area contributed by atoms with Gasteiger partial charge >= 0.3 is 0 Å². The lowest BCUT2D eigenvalue weighted by atomic mass is 10.1. The molecule has 2 rings (SSSR count). The zero-order valence-corrected chi connectivity index (χ0v) is 12.9. The molecule has 2 aromatic rings. The first-order chi connectivity index (χ1) is 10.5. The highest BCUT2D eigenvalue weighted by Crippen LogP contribution is 2.14. The van der Waals surface area contributed by atoms with Crippen LogP contribution in [0.25, 0.3) is 0 Å². The summed E-state index contributed by atoms with van der Waals surface area (Å²) in [5.74, 6) is 0.125. The molecule has 2 amide bonds. The third-order valence-electron chi connectivity index (χ3n) is 3.49. The van der Waals surface area contributed by atoms with E-state index in [4.69, 9.17) is 4.52 Å². The van der Waals surface area contributed by atoms with E-state index in [9.17, 15) is 9.59 Å². The molecule has 0 saturated heterocycles. The Morgan fingerprint density at radius 1 is 1.14 bits per heavy atom. The molecule has 1 aromatic carbocycles. The summed E-state index contributed by atoms with van der Waals surface area (Å²) in [6, 6.07) is 7.18. The topological polar surface area (TPSA) is 84.2 Å². The van der Waals surface area contributed by atoms with Crippen molar-refractivity contribution < 1.29 is 14.1 Å². The maximum absolute atomic E-state index is 12.0. The summed E-state index contributed by atoms with van der Waals surface area (Å²) in [5.41, 5.74) is 7.95. The van der Waals surface area contributed by atoms with E-state index in [2.05, 4.69) is 16.0 Å². The molecule has 0 saturated carbocycles. The van der Waals surface area contributed by atoms with Gasteiger partial charge in [-0.05, 0) is 38.8 Å². The molecular formula is C16H19N3O3. The molecule has 22 heavy (non-hydrogen) atoms. The largest absolute Gasteiger partial charge is 0.361 e. The van der Waals surface area contributed by atoms with Gasteiger partial charge in [0, 0.05) is 17.5 Å². The Balaban J connectivity index is 1.83. The van der Waals surface area contributed by atoms with E-state index >= 15 is 0 Å². The van der Waals surface area contributed by atoms with Crippen LogP contribution in [0.2, 0.25) is 0 Å². The van der Waals surface area contributed by atoms with Crippen LogP contribution in [0.5, 0.6) is 0 Å². The van der Waals surface area contributed by atoms with Crippen molar-refractivity contribution in [3.8, 4) is 0 Å². The van der Waals surface area contributed by atoms with Crippen LogP contribution in [0.4, 0.5) is 0 Å². The van der Waals surface area contributed by atoms with E-state index in [-0.39, 0.29) is 18.2 Å². The monoisotopic (exact) mass is 301 g/mol. The fourth-order valence-corrected chi connectivity index (χ4v) is 2.18. The van der Waals surface area contributed by atoms with E-state index in [0.717, 1.165) is 16.8 Å². The summed E-state index contributed by atoms with van der Waals surface area (Å²) in [6.07, 6.45) is 0.768. The van der Waals surface area contributed by atoms with Gasteiger partial charge in [0.2, 0.25) is 5.91 Å². The highest BCUT2D eigenvalue weighted by Gasteiger charge is 2.12. The predicted octanol–water partition coefficient (Wildman–Crippen LogP) is 1.99. The van der Waals surface area contributed by atoms with Crippen LogP contribution in [0.15, 0.2) is 28.8 Å². The number of hydrogen-bond donors (Lipinski definition) is 2. The van der Waals surface area contributed by atoms with E-state index < -0.39 is 0 Å². The van der Waals surface area contributed by atoms with Crippen molar-refractivity contribution in [2.45, 2.75) is 33.6 Å². The second-order valence-corrected chi connectivity index (χ2v) is 5.12. The summed E-state index contributed by atoms with van der Waals surface area (Å²) >= 11 is 0. The Hall–Kier alpha value is -2.63. The van der Waals surface area contributed by atoms with Crippen molar-refractivity contribution in [1.29, 1.82) is 0 Å². The number of carbonyl (C=O) groups excluding carboxylic acids is 2. The number of hydrazine groups is 1. The molecule has 116 valence electrons. The lowest BCUT2D eigenvalue weighted by Gasteiger charge is -2.09. The Bertz CT molecular complexity index is 672. The second kappa shape index (κ2) is 6.89. The number of nitrogens with one attached hydrogen (secondary N) is 2. The van der Waals surface area contributed by atoms with Crippen molar-refractivity contribution in [1.82, 2.24) is 16.0 Å². The molecule has 1 heterocycles. The molecule has 6 nitrogen and oxygen atoms in total. The van der Waals surface area contributed by atoms with Gasteiger partial charge in [-0.1, -0.05) is 23.4 Å². The molecule has 0 radical (unpaired) electrons. The summed E-state index contributed by atoms with van der Waals surface area (Å²) in [4.78, 5) is 23.8. The minimum Gasteiger partial charge on any atom is -0.361 e. The number of carbonyl (C=O) groups is 2. The highest BCUT2D eigenvalue weighted by atomic mass is 16.5. The minimum atomic E-state index is -0.330. The van der Waals surface area contributed by atoms with Gasteiger partial charge in [0.25, 0.3) is 5.91 Å². The maximum atomic E-state index is 12.0. The number of aryl methyl sites for hydroxylation is 3. The lowest BCUT2D eigenvalue weighted by molar-refractivity contribution is -0.121. The van der Waals surface area contributed by atoms with Crippen molar-refractivity contribution in [3.05, 3.63) is 52.4 Å². The molecular weight excluding hydrogens is 282 g/mol. The van der Waals surface area contributed by atoms with Gasteiger partial charge in [0.15, 0.2) is 0 Å². The summed E-state index contributed by atoms with van der Waals surface area (Å²) in [6.45, 7) is 5.49. The van der Waals surface area contributed by atoms with Gasteiger partial charge in [0.1, 0.15) is 5.76 Å². The number of aromatic nitrogens is 1. The summed E-state index contributed by atoms with van der Waals surface area (Å²) < 4.78 is 5.05.